The average Bonchev–Trinajstić information content (AvgIpc) is 2.93. The molecule has 0 aliphatic heterocycles. The highest BCUT2D eigenvalue weighted by atomic mass is 16.5. The van der Waals surface area contributed by atoms with Crippen LogP contribution in [-0.4, -0.2) is 17.2 Å². The molecule has 2 rings (SSSR count). The van der Waals surface area contributed by atoms with E-state index in [1.165, 1.54) is 6.26 Å². The largest absolute Gasteiger partial charge is 0.480 e. The summed E-state index contributed by atoms with van der Waals surface area (Å²) in [6.45, 7) is 5.89. The minimum atomic E-state index is -0.563. The van der Waals surface area contributed by atoms with E-state index in [0.717, 1.165) is 16.9 Å². The molecule has 5 heteroatoms. The molecule has 1 heterocycles. The van der Waals surface area contributed by atoms with E-state index in [4.69, 9.17) is 4.74 Å². The maximum atomic E-state index is 12.1. The number of ether oxygens (including phenoxy) is 1. The maximum absolute atomic E-state index is 12.1. The van der Waals surface area contributed by atoms with Crippen LogP contribution in [0.15, 0.2) is 35.1 Å². The monoisotopic (exact) mass is 274 g/mol. The fraction of sp³-hybridized carbons (Fsp3) is 0.333. The second-order valence-electron chi connectivity index (χ2n) is 4.59. The molecule has 0 aliphatic carbocycles. The molecule has 1 N–H and O–H groups in total. The Morgan fingerprint density at radius 3 is 2.85 bits per heavy atom. The standard InChI is InChI=1S/C15H18N2O3/c1-4-12(15(18)16-14-8-9-19-17-14)20-13-7-5-6-10(2)11(13)3/h5-9,12H,4H2,1-3H3,(H,16,17,18)/t12-/m1/s1. The van der Waals surface area contributed by atoms with Crippen molar-refractivity contribution in [1.29, 1.82) is 0 Å². The van der Waals surface area contributed by atoms with Crippen molar-refractivity contribution in [3.05, 3.63) is 41.7 Å². The van der Waals surface area contributed by atoms with Crippen LogP contribution in [0.2, 0.25) is 0 Å². The molecule has 0 bridgehead atoms. The molecule has 1 atom stereocenters. The van der Waals surface area contributed by atoms with Crippen molar-refractivity contribution in [2.45, 2.75) is 33.3 Å². The van der Waals surface area contributed by atoms with Gasteiger partial charge in [-0.15, -0.1) is 0 Å². The molecule has 0 fully saturated rings. The zero-order valence-electron chi connectivity index (χ0n) is 11.8. The summed E-state index contributed by atoms with van der Waals surface area (Å²) in [5.74, 6) is 0.882. The molecule has 1 aromatic carbocycles. The normalized spacial score (nSPS) is 11.9. The minimum absolute atomic E-state index is 0.234. The molecule has 5 nitrogen and oxygen atoms in total. The summed E-state index contributed by atoms with van der Waals surface area (Å²) in [4.78, 5) is 12.1. The van der Waals surface area contributed by atoms with Crippen LogP contribution in [0.5, 0.6) is 5.75 Å². The molecule has 106 valence electrons. The molecule has 0 spiro atoms. The van der Waals surface area contributed by atoms with E-state index in [1.807, 2.05) is 39.0 Å². The van der Waals surface area contributed by atoms with Gasteiger partial charge in [-0.05, 0) is 37.5 Å². The fourth-order valence-corrected chi connectivity index (χ4v) is 1.81. The first-order valence-corrected chi connectivity index (χ1v) is 6.56. The summed E-state index contributed by atoms with van der Waals surface area (Å²) in [6.07, 6.45) is 1.41. The number of benzene rings is 1. The number of aryl methyl sites for hydroxylation is 1. The van der Waals surface area contributed by atoms with Gasteiger partial charge < -0.3 is 14.6 Å². The first kappa shape index (κ1) is 14.1. The molecular weight excluding hydrogens is 256 g/mol. The summed E-state index contributed by atoms with van der Waals surface area (Å²) in [6, 6.07) is 7.38. The van der Waals surface area contributed by atoms with Crippen molar-refractivity contribution in [2.24, 2.45) is 0 Å². The third-order valence-corrected chi connectivity index (χ3v) is 3.18. The van der Waals surface area contributed by atoms with Gasteiger partial charge in [0, 0.05) is 6.07 Å². The van der Waals surface area contributed by atoms with Crippen LogP contribution >= 0.6 is 0 Å². The lowest BCUT2D eigenvalue weighted by Crippen LogP contribution is -2.32. The quantitative estimate of drug-likeness (QED) is 0.910. The molecule has 2 aromatic rings. The second-order valence-corrected chi connectivity index (χ2v) is 4.59. The highest BCUT2D eigenvalue weighted by molar-refractivity contribution is 5.93. The van der Waals surface area contributed by atoms with Crippen LogP contribution in [0.4, 0.5) is 5.82 Å². The van der Waals surface area contributed by atoms with Crippen molar-refractivity contribution in [3.8, 4) is 5.75 Å². The van der Waals surface area contributed by atoms with Crippen molar-refractivity contribution < 1.29 is 14.1 Å². The van der Waals surface area contributed by atoms with E-state index < -0.39 is 6.10 Å². The van der Waals surface area contributed by atoms with Crippen LogP contribution in [0.3, 0.4) is 0 Å². The van der Waals surface area contributed by atoms with Gasteiger partial charge in [-0.2, -0.15) is 0 Å². The Morgan fingerprint density at radius 2 is 2.20 bits per heavy atom. The van der Waals surface area contributed by atoms with Crippen LogP contribution < -0.4 is 10.1 Å². The van der Waals surface area contributed by atoms with Gasteiger partial charge in [0.05, 0.1) is 0 Å². The summed E-state index contributed by atoms with van der Waals surface area (Å²) < 4.78 is 10.5. The van der Waals surface area contributed by atoms with Gasteiger partial charge in [0.15, 0.2) is 11.9 Å². The number of nitrogens with zero attached hydrogens (tertiary/aromatic N) is 1. The fourth-order valence-electron chi connectivity index (χ4n) is 1.81. The second kappa shape index (κ2) is 6.23. The number of carbonyl (C=O) groups is 1. The van der Waals surface area contributed by atoms with E-state index in [1.54, 1.807) is 6.07 Å². The number of aromatic nitrogens is 1. The maximum Gasteiger partial charge on any atom is 0.266 e. The van der Waals surface area contributed by atoms with E-state index in [0.29, 0.717) is 12.2 Å². The van der Waals surface area contributed by atoms with Crippen LogP contribution in [0, 0.1) is 13.8 Å². The van der Waals surface area contributed by atoms with Gasteiger partial charge in [0.2, 0.25) is 0 Å². The lowest BCUT2D eigenvalue weighted by atomic mass is 10.1. The van der Waals surface area contributed by atoms with E-state index >= 15 is 0 Å². The number of hydrogen-bond donors (Lipinski definition) is 1. The Labute approximate surface area is 117 Å². The molecule has 0 aliphatic rings. The number of hydrogen-bond acceptors (Lipinski definition) is 4. The average molecular weight is 274 g/mol. The van der Waals surface area contributed by atoms with Gasteiger partial charge >= 0.3 is 0 Å². The lowest BCUT2D eigenvalue weighted by molar-refractivity contribution is -0.122. The van der Waals surface area contributed by atoms with Gasteiger partial charge in [-0.25, -0.2) is 0 Å². The molecule has 1 amide bonds. The summed E-state index contributed by atoms with van der Waals surface area (Å²) in [7, 11) is 0. The Kier molecular flexibility index (Phi) is 4.40. The minimum Gasteiger partial charge on any atom is -0.480 e. The van der Waals surface area contributed by atoms with Crippen molar-refractivity contribution >= 4 is 11.7 Å². The molecule has 0 saturated carbocycles. The van der Waals surface area contributed by atoms with Gasteiger partial charge in [0.25, 0.3) is 5.91 Å². The molecule has 0 unspecified atom stereocenters. The lowest BCUT2D eigenvalue weighted by Gasteiger charge is -2.18. The number of nitrogens with one attached hydrogen (secondary N) is 1. The molecule has 1 aromatic heterocycles. The topological polar surface area (TPSA) is 64.4 Å². The Bertz CT molecular complexity index is 579. The van der Waals surface area contributed by atoms with E-state index in [2.05, 4.69) is 15.0 Å². The SMILES string of the molecule is CC[C@@H](Oc1cccc(C)c1C)C(=O)Nc1ccon1. The van der Waals surface area contributed by atoms with Crippen molar-refractivity contribution in [1.82, 2.24) is 5.16 Å². The number of rotatable bonds is 5. The summed E-state index contributed by atoms with van der Waals surface area (Å²) in [5.41, 5.74) is 2.18. The molecule has 20 heavy (non-hydrogen) atoms. The summed E-state index contributed by atoms with van der Waals surface area (Å²) >= 11 is 0. The third-order valence-electron chi connectivity index (χ3n) is 3.18. The first-order valence-electron chi connectivity index (χ1n) is 6.56. The van der Waals surface area contributed by atoms with Crippen LogP contribution in [-0.2, 0) is 4.79 Å². The predicted octanol–water partition coefficient (Wildman–Crippen LogP) is 3.09. The first-order chi connectivity index (χ1) is 9.61. The van der Waals surface area contributed by atoms with Gasteiger partial charge in [-0.1, -0.05) is 24.2 Å². The number of carbonyl (C=O) groups excluding carboxylic acids is 1. The van der Waals surface area contributed by atoms with E-state index in [9.17, 15) is 4.79 Å². The zero-order chi connectivity index (χ0) is 14.5. The highest BCUT2D eigenvalue weighted by Gasteiger charge is 2.20. The number of amides is 1. The smallest absolute Gasteiger partial charge is 0.266 e. The third kappa shape index (κ3) is 3.17. The Hall–Kier alpha value is -2.30. The van der Waals surface area contributed by atoms with Crippen molar-refractivity contribution in [2.75, 3.05) is 5.32 Å². The Balaban J connectivity index is 2.08. The van der Waals surface area contributed by atoms with Gasteiger partial charge in [0.1, 0.15) is 12.0 Å². The Morgan fingerprint density at radius 1 is 1.40 bits per heavy atom. The van der Waals surface area contributed by atoms with Gasteiger partial charge in [-0.3, -0.25) is 4.79 Å². The summed E-state index contributed by atoms with van der Waals surface area (Å²) in [5, 5.41) is 6.31. The molecule has 0 radical (unpaired) electrons. The number of anilines is 1. The van der Waals surface area contributed by atoms with Crippen LogP contribution in [0.25, 0.3) is 0 Å². The molecular formula is C15H18N2O3. The predicted molar refractivity (Wildman–Crippen MR) is 75.8 cm³/mol. The van der Waals surface area contributed by atoms with Crippen molar-refractivity contribution in [3.63, 3.8) is 0 Å². The van der Waals surface area contributed by atoms with Crippen LogP contribution in [0.1, 0.15) is 24.5 Å². The van der Waals surface area contributed by atoms with E-state index in [-0.39, 0.29) is 5.91 Å². The zero-order valence-corrected chi connectivity index (χ0v) is 11.8. The molecule has 0 saturated heterocycles. The highest BCUT2D eigenvalue weighted by Crippen LogP contribution is 2.22.